The summed E-state index contributed by atoms with van der Waals surface area (Å²) in [5.41, 5.74) is 1.41. The first-order valence-electron chi connectivity index (χ1n) is 5.22. The van der Waals surface area contributed by atoms with Crippen LogP contribution in [0.1, 0.15) is 19.5 Å². The molecule has 17 heavy (non-hydrogen) atoms. The zero-order valence-electron chi connectivity index (χ0n) is 9.81. The van der Waals surface area contributed by atoms with Gasteiger partial charge in [-0.2, -0.15) is 5.10 Å². The molecule has 2 aromatic rings. The molecule has 0 saturated heterocycles. The van der Waals surface area contributed by atoms with E-state index in [0.29, 0.717) is 11.5 Å². The summed E-state index contributed by atoms with van der Waals surface area (Å²) >= 11 is 0. The predicted octanol–water partition coefficient (Wildman–Crippen LogP) is 2.03. The molecule has 0 aliphatic rings. The van der Waals surface area contributed by atoms with Gasteiger partial charge in [0.2, 0.25) is 0 Å². The summed E-state index contributed by atoms with van der Waals surface area (Å²) in [5.74, 6) is 0.614. The maximum absolute atomic E-state index is 9.80. The molecule has 0 radical (unpaired) electrons. The van der Waals surface area contributed by atoms with Crippen LogP contribution in [-0.2, 0) is 5.60 Å². The lowest BCUT2D eigenvalue weighted by atomic mass is 10.0. The number of hydrogen-bond donors (Lipinski definition) is 2. The average Bonchev–Trinajstić information content (AvgIpc) is 2.76. The minimum Gasteiger partial charge on any atom is -0.384 e. The molecule has 0 fully saturated rings. The summed E-state index contributed by atoms with van der Waals surface area (Å²) < 4.78 is 0. The molecule has 5 nitrogen and oxygen atoms in total. The molecule has 0 spiro atoms. The first-order chi connectivity index (χ1) is 8.02. The molecular weight excluding hydrogens is 216 g/mol. The molecule has 5 heteroatoms. The van der Waals surface area contributed by atoms with E-state index >= 15 is 0 Å². The van der Waals surface area contributed by atoms with Crippen LogP contribution in [-0.4, -0.2) is 27.0 Å². The number of aliphatic hydroxyl groups is 1. The van der Waals surface area contributed by atoms with Crippen molar-refractivity contribution in [3.63, 3.8) is 0 Å². The Labute approximate surface area is 99.3 Å². The number of rotatable bonds is 3. The normalized spacial score (nSPS) is 11.5. The second kappa shape index (κ2) is 4.10. The molecule has 2 rings (SSSR count). The van der Waals surface area contributed by atoms with Crippen LogP contribution in [0.25, 0.3) is 11.1 Å². The smallest absolute Gasteiger partial charge is 0.155 e. The average molecular weight is 230 g/mol. The Balaban J connectivity index is 2.39. The van der Waals surface area contributed by atoms with Crippen molar-refractivity contribution in [2.45, 2.75) is 19.4 Å². The van der Waals surface area contributed by atoms with Crippen LogP contribution in [0.4, 0.5) is 5.82 Å². The Morgan fingerprint density at radius 2 is 2.12 bits per heavy atom. The highest BCUT2D eigenvalue weighted by Gasteiger charge is 2.17. The van der Waals surface area contributed by atoms with Crippen molar-refractivity contribution < 1.29 is 5.11 Å². The summed E-state index contributed by atoms with van der Waals surface area (Å²) in [6.07, 6.45) is 3.36. The van der Waals surface area contributed by atoms with Crippen molar-refractivity contribution in [2.75, 3.05) is 0 Å². The Bertz CT molecular complexity index is 522. The Kier molecular flexibility index (Phi) is 2.77. The lowest BCUT2D eigenvalue weighted by Crippen LogP contribution is -2.17. The van der Waals surface area contributed by atoms with Gasteiger partial charge in [0.15, 0.2) is 5.82 Å². The van der Waals surface area contributed by atoms with Gasteiger partial charge in [0.05, 0.1) is 11.9 Å². The molecule has 0 aliphatic carbocycles. The Morgan fingerprint density at radius 1 is 1.35 bits per heavy atom. The number of aromatic nitrogens is 3. The highest BCUT2D eigenvalue weighted by atomic mass is 16.3. The minimum atomic E-state index is -0.936. The van der Waals surface area contributed by atoms with Crippen LogP contribution in [0.15, 0.2) is 29.5 Å². The molecule has 0 unspecified atom stereocenters. The standard InChI is InChI=1S/C12H14N4O/c1-12(2,17)10-5-4-8(6-14-10)9-7-15-16-11(9)13-3/h4-7,17H,3H2,1-2H3,(H,15,16). The molecule has 2 N–H and O–H groups in total. The molecule has 0 saturated carbocycles. The van der Waals surface area contributed by atoms with E-state index in [1.807, 2.05) is 6.07 Å². The highest BCUT2D eigenvalue weighted by molar-refractivity contribution is 5.73. The first-order valence-corrected chi connectivity index (χ1v) is 5.22. The molecule has 0 bridgehead atoms. The molecule has 88 valence electrons. The second-order valence-electron chi connectivity index (χ2n) is 4.28. The number of aromatic amines is 1. The van der Waals surface area contributed by atoms with E-state index in [9.17, 15) is 5.11 Å². The van der Waals surface area contributed by atoms with Crippen molar-refractivity contribution in [3.8, 4) is 11.1 Å². The number of aliphatic imine (C=N–C) groups is 1. The maximum Gasteiger partial charge on any atom is 0.155 e. The predicted molar refractivity (Wildman–Crippen MR) is 66.3 cm³/mol. The van der Waals surface area contributed by atoms with Crippen LogP contribution < -0.4 is 0 Å². The first kappa shape index (κ1) is 11.5. The fourth-order valence-electron chi connectivity index (χ4n) is 1.53. The lowest BCUT2D eigenvalue weighted by molar-refractivity contribution is 0.0739. The van der Waals surface area contributed by atoms with E-state index in [0.717, 1.165) is 11.1 Å². The van der Waals surface area contributed by atoms with Gasteiger partial charge in [-0.3, -0.25) is 10.1 Å². The van der Waals surface area contributed by atoms with E-state index < -0.39 is 5.60 Å². The molecule has 0 aromatic carbocycles. The van der Waals surface area contributed by atoms with Crippen molar-refractivity contribution >= 4 is 12.5 Å². The summed E-state index contributed by atoms with van der Waals surface area (Å²) in [5, 5.41) is 16.4. The fourth-order valence-corrected chi connectivity index (χ4v) is 1.53. The van der Waals surface area contributed by atoms with Gasteiger partial charge in [-0.1, -0.05) is 6.07 Å². The zero-order chi connectivity index (χ0) is 12.5. The van der Waals surface area contributed by atoms with E-state index in [1.54, 1.807) is 32.3 Å². The van der Waals surface area contributed by atoms with Crippen LogP contribution in [0.2, 0.25) is 0 Å². The number of pyridine rings is 1. The number of hydrogen-bond acceptors (Lipinski definition) is 4. The highest BCUT2D eigenvalue weighted by Crippen LogP contribution is 2.28. The third-order valence-corrected chi connectivity index (χ3v) is 2.48. The monoisotopic (exact) mass is 230 g/mol. The van der Waals surface area contributed by atoms with Gasteiger partial charge in [-0.05, 0) is 26.6 Å². The molecular formula is C12H14N4O. The molecule has 2 aromatic heterocycles. The summed E-state index contributed by atoms with van der Waals surface area (Å²) in [6.45, 7) is 6.86. The van der Waals surface area contributed by atoms with E-state index in [4.69, 9.17) is 0 Å². The molecule has 0 atom stereocenters. The third kappa shape index (κ3) is 2.24. The largest absolute Gasteiger partial charge is 0.384 e. The van der Waals surface area contributed by atoms with Crippen molar-refractivity contribution in [2.24, 2.45) is 4.99 Å². The summed E-state index contributed by atoms with van der Waals surface area (Å²) in [6, 6.07) is 3.66. The molecule has 0 aliphatic heterocycles. The summed E-state index contributed by atoms with van der Waals surface area (Å²) in [4.78, 5) is 8.06. The van der Waals surface area contributed by atoms with Gasteiger partial charge in [0, 0.05) is 17.3 Å². The van der Waals surface area contributed by atoms with Gasteiger partial charge >= 0.3 is 0 Å². The summed E-state index contributed by atoms with van der Waals surface area (Å²) in [7, 11) is 0. The van der Waals surface area contributed by atoms with Crippen molar-refractivity contribution in [3.05, 3.63) is 30.2 Å². The van der Waals surface area contributed by atoms with Crippen molar-refractivity contribution in [1.82, 2.24) is 15.2 Å². The lowest BCUT2D eigenvalue weighted by Gasteiger charge is -2.16. The van der Waals surface area contributed by atoms with Gasteiger partial charge in [0.1, 0.15) is 5.60 Å². The van der Waals surface area contributed by atoms with Gasteiger partial charge < -0.3 is 5.11 Å². The Hall–Kier alpha value is -2.01. The van der Waals surface area contributed by atoms with E-state index in [1.165, 1.54) is 0 Å². The van der Waals surface area contributed by atoms with Crippen molar-refractivity contribution in [1.29, 1.82) is 0 Å². The maximum atomic E-state index is 9.80. The Morgan fingerprint density at radius 3 is 2.65 bits per heavy atom. The topological polar surface area (TPSA) is 74.2 Å². The number of H-pyrrole nitrogens is 1. The van der Waals surface area contributed by atoms with Gasteiger partial charge in [-0.15, -0.1) is 0 Å². The molecule has 2 heterocycles. The zero-order valence-corrected chi connectivity index (χ0v) is 9.81. The van der Waals surface area contributed by atoms with Gasteiger partial charge in [-0.25, -0.2) is 4.99 Å². The SMILES string of the molecule is C=Nc1[nH]ncc1-c1ccc(C(C)(C)O)nc1. The van der Waals surface area contributed by atoms with Crippen LogP contribution in [0.5, 0.6) is 0 Å². The van der Waals surface area contributed by atoms with Crippen LogP contribution in [0.3, 0.4) is 0 Å². The fraction of sp³-hybridized carbons (Fsp3) is 0.250. The minimum absolute atomic E-state index is 0.614. The number of nitrogens with zero attached hydrogens (tertiary/aromatic N) is 3. The van der Waals surface area contributed by atoms with Gasteiger partial charge in [0.25, 0.3) is 0 Å². The van der Waals surface area contributed by atoms with E-state index in [-0.39, 0.29) is 0 Å². The van der Waals surface area contributed by atoms with E-state index in [2.05, 4.69) is 26.9 Å². The van der Waals surface area contributed by atoms with Crippen LogP contribution in [0, 0.1) is 0 Å². The van der Waals surface area contributed by atoms with Crippen LogP contribution >= 0.6 is 0 Å². The molecule has 0 amide bonds. The number of nitrogens with one attached hydrogen (secondary N) is 1. The third-order valence-electron chi connectivity index (χ3n) is 2.48. The quantitative estimate of drug-likeness (QED) is 0.792. The second-order valence-corrected chi connectivity index (χ2v) is 4.28.